The summed E-state index contributed by atoms with van der Waals surface area (Å²) in [7, 11) is 1.70. The zero-order valence-electron chi connectivity index (χ0n) is 29.6. The molecule has 1 aliphatic heterocycles. The van der Waals surface area contributed by atoms with Crippen molar-refractivity contribution in [3.63, 3.8) is 0 Å². The average Bonchev–Trinajstić information content (AvgIpc) is 3.77. The van der Waals surface area contributed by atoms with E-state index in [0.717, 1.165) is 55.6 Å². The number of nitrogens with zero attached hydrogens (tertiary/aromatic N) is 9. The first kappa shape index (κ1) is 35.3. The van der Waals surface area contributed by atoms with Crippen molar-refractivity contribution in [2.45, 2.75) is 90.3 Å². The zero-order chi connectivity index (χ0) is 35.0. The van der Waals surface area contributed by atoms with Crippen LogP contribution in [0.2, 0.25) is 0 Å². The summed E-state index contributed by atoms with van der Waals surface area (Å²) in [4.78, 5) is 15.8. The topological polar surface area (TPSA) is 150 Å². The van der Waals surface area contributed by atoms with Gasteiger partial charge in [-0.25, -0.2) is 19.6 Å². The molecule has 0 radical (unpaired) electrons. The van der Waals surface area contributed by atoms with Crippen LogP contribution < -0.4 is 14.8 Å². The third-order valence-corrected chi connectivity index (χ3v) is 9.23. The maximum absolute atomic E-state index is 9.69. The fourth-order valence-electron chi connectivity index (χ4n) is 6.91. The van der Waals surface area contributed by atoms with Crippen LogP contribution >= 0.6 is 0 Å². The third-order valence-electron chi connectivity index (χ3n) is 9.23. The molecule has 1 aliphatic carbocycles. The molecule has 0 spiro atoms. The van der Waals surface area contributed by atoms with E-state index in [4.69, 9.17) is 24.0 Å². The summed E-state index contributed by atoms with van der Waals surface area (Å²) in [6.45, 7) is 11.9. The highest BCUT2D eigenvalue weighted by Gasteiger charge is 2.32. The van der Waals surface area contributed by atoms with Crippen LogP contribution in [0.4, 0.5) is 11.6 Å². The minimum atomic E-state index is -0.232. The lowest BCUT2D eigenvalue weighted by atomic mass is 9.89. The molecule has 6 rings (SSSR count). The number of aromatic nitrogens is 7. The largest absolute Gasteiger partial charge is 0.487 e. The molecule has 0 bridgehead atoms. The number of hydrogen-bond acceptors (Lipinski definition) is 12. The standard InChI is InChI=1S/C36H48N10O4/c1-24(20-47-5)21-48-35-33(19-46(43-35)32-10-8-31(9-11-32)44-16-25(2)49-26(3)17-44)42-36-39-14-30(15-40-36)28-6-7-29(13-37)34(12-28)50-27(4)18-45-23-38-22-41-45/h6-7,12,14-15,19,22-27,31-32H,8-11,16-18,20-21H2,1-5H3,(H,39,40,42)/t24?,25-,26+,27-,31?,32?/m0/s1. The van der Waals surface area contributed by atoms with Crippen LogP contribution in [0.3, 0.4) is 0 Å². The van der Waals surface area contributed by atoms with Gasteiger partial charge in [0.25, 0.3) is 5.88 Å². The van der Waals surface area contributed by atoms with E-state index in [1.165, 1.54) is 6.33 Å². The molecule has 4 heterocycles. The number of ether oxygens (including phenoxy) is 4. The molecule has 1 N–H and O–H groups in total. The predicted molar refractivity (Wildman–Crippen MR) is 187 cm³/mol. The number of anilines is 2. The van der Waals surface area contributed by atoms with Crippen LogP contribution in [-0.2, 0) is 16.0 Å². The van der Waals surface area contributed by atoms with Crippen molar-refractivity contribution in [2.75, 3.05) is 38.7 Å². The number of hydrogen-bond donors (Lipinski definition) is 1. The van der Waals surface area contributed by atoms with E-state index in [1.54, 1.807) is 36.6 Å². The molecule has 14 heteroatoms. The van der Waals surface area contributed by atoms with Gasteiger partial charge in [-0.3, -0.25) is 9.58 Å². The molecule has 4 atom stereocenters. The minimum Gasteiger partial charge on any atom is -0.487 e. The summed E-state index contributed by atoms with van der Waals surface area (Å²) >= 11 is 0. The van der Waals surface area contributed by atoms with Gasteiger partial charge in [0.05, 0.1) is 49.8 Å². The van der Waals surface area contributed by atoms with Gasteiger partial charge in [-0.2, -0.15) is 10.4 Å². The van der Waals surface area contributed by atoms with Gasteiger partial charge in [-0.05, 0) is 64.2 Å². The van der Waals surface area contributed by atoms with Gasteiger partial charge in [0.15, 0.2) is 0 Å². The van der Waals surface area contributed by atoms with E-state index >= 15 is 0 Å². The Labute approximate surface area is 293 Å². The normalized spacial score (nSPS) is 22.4. The lowest BCUT2D eigenvalue weighted by Gasteiger charge is -2.42. The van der Waals surface area contributed by atoms with Crippen LogP contribution in [0.5, 0.6) is 11.6 Å². The maximum Gasteiger partial charge on any atom is 0.256 e. The van der Waals surface area contributed by atoms with Crippen molar-refractivity contribution < 1.29 is 18.9 Å². The first-order chi connectivity index (χ1) is 24.3. The molecule has 50 heavy (non-hydrogen) atoms. The predicted octanol–water partition coefficient (Wildman–Crippen LogP) is 5.27. The smallest absolute Gasteiger partial charge is 0.256 e. The molecule has 266 valence electrons. The Morgan fingerprint density at radius 2 is 1.76 bits per heavy atom. The first-order valence-corrected chi connectivity index (χ1v) is 17.5. The highest BCUT2D eigenvalue weighted by molar-refractivity contribution is 5.67. The van der Waals surface area contributed by atoms with Crippen molar-refractivity contribution >= 4 is 11.6 Å². The summed E-state index contributed by atoms with van der Waals surface area (Å²) in [6, 6.07) is 8.53. The molecular formula is C36H48N10O4. The van der Waals surface area contributed by atoms with Crippen LogP contribution in [-0.4, -0.2) is 97.2 Å². The molecule has 1 saturated carbocycles. The quantitative estimate of drug-likeness (QED) is 0.184. The summed E-state index contributed by atoms with van der Waals surface area (Å²) in [5, 5.41) is 22.1. The fourth-order valence-corrected chi connectivity index (χ4v) is 6.91. The van der Waals surface area contributed by atoms with Gasteiger partial charge in [0.2, 0.25) is 5.95 Å². The summed E-state index contributed by atoms with van der Waals surface area (Å²) in [5.41, 5.74) is 2.78. The van der Waals surface area contributed by atoms with Crippen molar-refractivity contribution in [3.8, 4) is 28.8 Å². The second-order valence-corrected chi connectivity index (χ2v) is 13.7. The van der Waals surface area contributed by atoms with Crippen LogP contribution in [0.1, 0.15) is 65.0 Å². The lowest BCUT2D eigenvalue weighted by Crippen LogP contribution is -2.51. The number of benzene rings is 1. The summed E-state index contributed by atoms with van der Waals surface area (Å²) < 4.78 is 27.4. The summed E-state index contributed by atoms with van der Waals surface area (Å²) in [6.07, 6.45) is 13.3. The van der Waals surface area contributed by atoms with Gasteiger partial charge in [-0.15, -0.1) is 5.10 Å². The lowest BCUT2D eigenvalue weighted by molar-refractivity contribution is -0.0852. The van der Waals surface area contributed by atoms with Gasteiger partial charge in [0, 0.05) is 50.1 Å². The Morgan fingerprint density at radius 1 is 1.02 bits per heavy atom. The third kappa shape index (κ3) is 8.95. The minimum absolute atomic E-state index is 0.203. The van der Waals surface area contributed by atoms with E-state index in [2.05, 4.69) is 61.8 Å². The van der Waals surface area contributed by atoms with Crippen molar-refractivity contribution in [2.24, 2.45) is 5.92 Å². The van der Waals surface area contributed by atoms with Gasteiger partial charge < -0.3 is 24.3 Å². The molecule has 1 saturated heterocycles. The first-order valence-electron chi connectivity index (χ1n) is 17.5. The molecule has 14 nitrogen and oxygen atoms in total. The number of methoxy groups -OCH3 is 1. The van der Waals surface area contributed by atoms with Crippen molar-refractivity contribution in [1.29, 1.82) is 5.26 Å². The highest BCUT2D eigenvalue weighted by atomic mass is 16.5. The number of nitrogens with one attached hydrogen (secondary N) is 1. The highest BCUT2D eigenvalue weighted by Crippen LogP contribution is 2.36. The van der Waals surface area contributed by atoms with Crippen LogP contribution in [0.25, 0.3) is 11.1 Å². The van der Waals surface area contributed by atoms with Gasteiger partial charge in [0.1, 0.15) is 36.3 Å². The van der Waals surface area contributed by atoms with Crippen molar-refractivity contribution in [1.82, 2.24) is 39.4 Å². The van der Waals surface area contributed by atoms with Crippen LogP contribution in [0.15, 0.2) is 49.4 Å². The summed E-state index contributed by atoms with van der Waals surface area (Å²) in [5.74, 6) is 1.63. The second kappa shape index (κ2) is 16.4. The Balaban J connectivity index is 1.14. The van der Waals surface area contributed by atoms with E-state index in [-0.39, 0.29) is 30.3 Å². The molecule has 4 aromatic rings. The second-order valence-electron chi connectivity index (χ2n) is 13.7. The SMILES string of the molecule is COCC(C)COc1nn(C2CCC(N3C[C@@H](C)O[C@@H](C)C3)CC2)cc1Nc1ncc(-c2ccc(C#N)c(O[C@@H](C)Cn3cncn3)c2)cn1. The van der Waals surface area contributed by atoms with E-state index in [1.807, 2.05) is 25.3 Å². The monoisotopic (exact) mass is 684 g/mol. The molecule has 2 aliphatic rings. The number of rotatable bonds is 14. The molecule has 2 fully saturated rings. The zero-order valence-corrected chi connectivity index (χ0v) is 29.6. The van der Waals surface area contributed by atoms with Crippen molar-refractivity contribution in [3.05, 3.63) is 55.0 Å². The average molecular weight is 685 g/mol. The van der Waals surface area contributed by atoms with E-state index in [0.29, 0.717) is 48.9 Å². The molecule has 1 unspecified atom stereocenters. The van der Waals surface area contributed by atoms with Gasteiger partial charge >= 0.3 is 0 Å². The molecule has 3 aromatic heterocycles. The Bertz CT molecular complexity index is 1690. The molecular weight excluding hydrogens is 636 g/mol. The Hall–Kier alpha value is -4.58. The Morgan fingerprint density at radius 3 is 2.44 bits per heavy atom. The molecule has 1 aromatic carbocycles. The number of morpholine rings is 1. The van der Waals surface area contributed by atoms with Gasteiger partial charge in [-0.1, -0.05) is 13.0 Å². The fraction of sp³-hybridized carbons (Fsp3) is 0.556. The van der Waals surface area contributed by atoms with Crippen LogP contribution in [0, 0.1) is 17.2 Å². The number of nitriles is 1. The van der Waals surface area contributed by atoms with E-state index in [9.17, 15) is 5.26 Å². The molecule has 0 amide bonds. The Kier molecular flexibility index (Phi) is 11.6. The van der Waals surface area contributed by atoms with E-state index < -0.39 is 0 Å². The maximum atomic E-state index is 9.69.